The lowest BCUT2D eigenvalue weighted by Gasteiger charge is -2.34. The van der Waals surface area contributed by atoms with Crippen molar-refractivity contribution in [2.45, 2.75) is 71.4 Å². The monoisotopic (exact) mass is 519 g/mol. The molecule has 9 nitrogen and oxygen atoms in total. The molecule has 0 atom stereocenters. The number of pyridine rings is 1. The summed E-state index contributed by atoms with van der Waals surface area (Å²) >= 11 is 0. The number of hydrogen-bond donors (Lipinski definition) is 2. The third-order valence-electron chi connectivity index (χ3n) is 6.60. The van der Waals surface area contributed by atoms with Crippen LogP contribution in [0.5, 0.6) is 5.75 Å². The van der Waals surface area contributed by atoms with Crippen LogP contribution in [-0.4, -0.2) is 52.1 Å². The number of nitrogens with one attached hydrogen (secondary N) is 2. The van der Waals surface area contributed by atoms with Gasteiger partial charge in [-0.2, -0.15) is 0 Å². The van der Waals surface area contributed by atoms with Crippen molar-refractivity contribution < 1.29 is 18.8 Å². The molecule has 0 bridgehead atoms. The van der Waals surface area contributed by atoms with E-state index in [0.29, 0.717) is 34.8 Å². The highest BCUT2D eigenvalue weighted by molar-refractivity contribution is 5.99. The number of anilines is 2. The number of carbonyl (C=O) groups is 2. The van der Waals surface area contributed by atoms with E-state index in [1.165, 1.54) is 0 Å². The van der Waals surface area contributed by atoms with Gasteiger partial charge in [-0.25, -0.2) is 9.78 Å². The second-order valence-electron chi connectivity index (χ2n) is 11.0. The van der Waals surface area contributed by atoms with Crippen molar-refractivity contribution in [3.05, 3.63) is 65.7 Å². The van der Waals surface area contributed by atoms with Gasteiger partial charge in [-0.15, -0.1) is 0 Å². The van der Waals surface area contributed by atoms with Gasteiger partial charge < -0.3 is 19.5 Å². The molecule has 2 amide bonds. The van der Waals surface area contributed by atoms with Gasteiger partial charge in [-0.3, -0.25) is 10.1 Å². The Hall–Kier alpha value is -3.72. The molecule has 2 N–H and O–H groups in total. The number of carbonyl (C=O) groups excluding carboxylic acids is 2. The van der Waals surface area contributed by atoms with Crippen molar-refractivity contribution >= 4 is 23.3 Å². The van der Waals surface area contributed by atoms with Gasteiger partial charge in [0.15, 0.2) is 11.6 Å². The van der Waals surface area contributed by atoms with Crippen LogP contribution in [0.4, 0.5) is 16.3 Å². The number of aromatic nitrogens is 2. The summed E-state index contributed by atoms with van der Waals surface area (Å²) in [5.41, 5.74) is 1.62. The molecular formula is C29H37N5O4. The average molecular weight is 520 g/mol. The summed E-state index contributed by atoms with van der Waals surface area (Å²) < 4.78 is 11.4. The number of piperidine rings is 1. The van der Waals surface area contributed by atoms with Gasteiger partial charge in [0, 0.05) is 42.7 Å². The van der Waals surface area contributed by atoms with Crippen molar-refractivity contribution in [2.75, 3.05) is 23.7 Å². The molecule has 0 saturated carbocycles. The maximum Gasteiger partial charge on any atom is 0.324 e. The third-order valence-corrected chi connectivity index (χ3v) is 6.60. The first-order valence-corrected chi connectivity index (χ1v) is 13.1. The maximum atomic E-state index is 12.7. The van der Waals surface area contributed by atoms with Gasteiger partial charge in [0.2, 0.25) is 0 Å². The topological polar surface area (TPSA) is 110 Å². The zero-order valence-corrected chi connectivity index (χ0v) is 22.8. The van der Waals surface area contributed by atoms with Crippen molar-refractivity contribution in [1.29, 1.82) is 0 Å². The fourth-order valence-electron chi connectivity index (χ4n) is 4.27. The van der Waals surface area contributed by atoms with Gasteiger partial charge in [0.05, 0.1) is 6.20 Å². The molecule has 1 aliphatic heterocycles. The summed E-state index contributed by atoms with van der Waals surface area (Å²) in [5, 5.41) is 9.29. The Kier molecular flexibility index (Phi) is 8.46. The highest BCUT2D eigenvalue weighted by Gasteiger charge is 2.22. The van der Waals surface area contributed by atoms with Crippen LogP contribution in [0, 0.1) is 0 Å². The lowest BCUT2D eigenvalue weighted by atomic mass is 9.93. The number of likely N-dealkylation sites (tertiary alicyclic amines) is 1. The third kappa shape index (κ3) is 7.41. The predicted molar refractivity (Wildman–Crippen MR) is 147 cm³/mol. The van der Waals surface area contributed by atoms with E-state index in [1.807, 2.05) is 39.0 Å². The average Bonchev–Trinajstić information content (AvgIpc) is 3.35. The SMILES string of the molecule is CC(C)N1CCC(Oc2ccc(C(=O)Cc3ccc(NC(=O)Nc4cc(C(C)(C)C)on4)cc3)nc2)CC1. The summed E-state index contributed by atoms with van der Waals surface area (Å²) in [7, 11) is 0. The first-order valence-electron chi connectivity index (χ1n) is 13.1. The van der Waals surface area contributed by atoms with Crippen LogP contribution in [0.25, 0.3) is 0 Å². The number of hydrogen-bond acceptors (Lipinski definition) is 7. The van der Waals surface area contributed by atoms with Gasteiger partial charge in [-0.1, -0.05) is 38.1 Å². The van der Waals surface area contributed by atoms with Crippen LogP contribution in [-0.2, 0) is 11.8 Å². The van der Waals surface area contributed by atoms with E-state index in [0.717, 1.165) is 31.5 Å². The molecule has 2 aromatic heterocycles. The summed E-state index contributed by atoms with van der Waals surface area (Å²) in [5.74, 6) is 1.63. The molecule has 1 aliphatic rings. The van der Waals surface area contributed by atoms with E-state index in [-0.39, 0.29) is 23.7 Å². The minimum absolute atomic E-state index is 0.0825. The number of Topliss-reactive ketones (excluding diaryl/α,β-unsaturated/α-hetero) is 1. The Morgan fingerprint density at radius 2 is 1.79 bits per heavy atom. The number of benzene rings is 1. The quantitative estimate of drug-likeness (QED) is 0.368. The standard InChI is InChI=1S/C29H37N5O4/c1-19(2)34-14-12-22(13-15-34)37-23-10-11-24(30-18-23)25(35)16-20-6-8-21(9-7-20)31-28(36)32-27-17-26(38-33-27)29(3,4)5/h6-11,17-19,22H,12-16H2,1-5H3,(H2,31,32,33,36). The molecule has 4 rings (SSSR count). The van der Waals surface area contributed by atoms with Crippen molar-refractivity contribution in [3.8, 4) is 5.75 Å². The van der Waals surface area contributed by atoms with E-state index in [4.69, 9.17) is 9.26 Å². The molecular weight excluding hydrogens is 482 g/mol. The van der Waals surface area contributed by atoms with Crippen LogP contribution in [0.1, 0.15) is 69.3 Å². The Morgan fingerprint density at radius 1 is 1.08 bits per heavy atom. The predicted octanol–water partition coefficient (Wildman–Crippen LogP) is 5.69. The van der Waals surface area contributed by atoms with E-state index in [1.54, 1.807) is 30.5 Å². The lowest BCUT2D eigenvalue weighted by Crippen LogP contribution is -2.41. The zero-order chi connectivity index (χ0) is 27.3. The summed E-state index contributed by atoms with van der Waals surface area (Å²) in [6, 6.07) is 12.5. The molecule has 3 aromatic rings. The van der Waals surface area contributed by atoms with Crippen LogP contribution in [0.15, 0.2) is 53.2 Å². The number of ether oxygens (including phenoxy) is 1. The van der Waals surface area contributed by atoms with Crippen LogP contribution in [0.2, 0.25) is 0 Å². The molecule has 9 heteroatoms. The van der Waals surface area contributed by atoms with Gasteiger partial charge in [0.1, 0.15) is 23.3 Å². The van der Waals surface area contributed by atoms with E-state index >= 15 is 0 Å². The smallest absolute Gasteiger partial charge is 0.324 e. The highest BCUT2D eigenvalue weighted by Crippen LogP contribution is 2.24. The molecule has 0 spiro atoms. The minimum atomic E-state index is -0.431. The van der Waals surface area contributed by atoms with E-state index in [9.17, 15) is 9.59 Å². The molecule has 0 aliphatic carbocycles. The van der Waals surface area contributed by atoms with E-state index < -0.39 is 6.03 Å². The Labute approximate surface area is 223 Å². The molecule has 0 unspecified atom stereocenters. The fourth-order valence-corrected chi connectivity index (χ4v) is 4.27. The van der Waals surface area contributed by atoms with Crippen molar-refractivity contribution in [2.24, 2.45) is 0 Å². The number of nitrogens with zero attached hydrogens (tertiary/aromatic N) is 3. The second kappa shape index (κ2) is 11.8. The molecule has 1 saturated heterocycles. The first kappa shape index (κ1) is 27.3. The lowest BCUT2D eigenvalue weighted by molar-refractivity contribution is 0.0840. The molecule has 1 aromatic carbocycles. The van der Waals surface area contributed by atoms with Gasteiger partial charge in [-0.05, 0) is 56.5 Å². The molecule has 3 heterocycles. The number of amides is 2. The maximum absolute atomic E-state index is 12.7. The zero-order valence-electron chi connectivity index (χ0n) is 22.8. The van der Waals surface area contributed by atoms with Crippen molar-refractivity contribution in [3.63, 3.8) is 0 Å². The first-order chi connectivity index (χ1) is 18.1. The Bertz CT molecular complexity index is 1220. The summed E-state index contributed by atoms with van der Waals surface area (Å²) in [4.78, 5) is 31.8. The number of urea groups is 1. The van der Waals surface area contributed by atoms with Gasteiger partial charge in [0.25, 0.3) is 0 Å². The summed E-state index contributed by atoms with van der Waals surface area (Å²) in [6.07, 6.45) is 4.00. The summed E-state index contributed by atoms with van der Waals surface area (Å²) in [6.45, 7) is 12.5. The van der Waals surface area contributed by atoms with Crippen LogP contribution < -0.4 is 15.4 Å². The highest BCUT2D eigenvalue weighted by atomic mass is 16.5. The molecule has 0 radical (unpaired) electrons. The van der Waals surface area contributed by atoms with Crippen molar-refractivity contribution in [1.82, 2.24) is 15.0 Å². The minimum Gasteiger partial charge on any atom is -0.489 e. The van der Waals surface area contributed by atoms with Gasteiger partial charge >= 0.3 is 6.03 Å². The fraction of sp³-hybridized carbons (Fsp3) is 0.448. The van der Waals surface area contributed by atoms with Crippen LogP contribution >= 0.6 is 0 Å². The second-order valence-corrected chi connectivity index (χ2v) is 11.0. The molecule has 202 valence electrons. The largest absolute Gasteiger partial charge is 0.489 e. The number of rotatable bonds is 8. The molecule has 38 heavy (non-hydrogen) atoms. The van der Waals surface area contributed by atoms with E-state index in [2.05, 4.69) is 39.5 Å². The normalized spacial score (nSPS) is 14.9. The molecule has 1 fully saturated rings. The Balaban J connectivity index is 1.24. The van der Waals surface area contributed by atoms with Crippen LogP contribution in [0.3, 0.4) is 0 Å². The Morgan fingerprint density at radius 3 is 2.37 bits per heavy atom. The number of ketones is 1.